The van der Waals surface area contributed by atoms with Gasteiger partial charge in [0, 0.05) is 35.2 Å². The number of halogens is 1. The summed E-state index contributed by atoms with van der Waals surface area (Å²) in [7, 11) is 0. The molecule has 0 aliphatic carbocycles. The number of hydrogen-bond donors (Lipinski definition) is 3. The summed E-state index contributed by atoms with van der Waals surface area (Å²) < 4.78 is 0. The molecule has 0 unspecified atom stereocenters. The van der Waals surface area contributed by atoms with E-state index in [1.54, 1.807) is 48.5 Å². The van der Waals surface area contributed by atoms with E-state index >= 15 is 0 Å². The van der Waals surface area contributed by atoms with Gasteiger partial charge in [0.2, 0.25) is 11.9 Å². The topological polar surface area (TPSA) is 96.0 Å². The molecule has 0 aliphatic heterocycles. The number of anilines is 4. The van der Waals surface area contributed by atoms with Gasteiger partial charge in [-0.25, -0.2) is 9.97 Å². The molecule has 0 saturated heterocycles. The van der Waals surface area contributed by atoms with Crippen molar-refractivity contribution in [2.45, 2.75) is 6.92 Å². The van der Waals surface area contributed by atoms with Gasteiger partial charge in [0.1, 0.15) is 5.69 Å². The van der Waals surface area contributed by atoms with E-state index in [9.17, 15) is 9.59 Å². The molecular weight excluding hydrogens is 366 g/mol. The van der Waals surface area contributed by atoms with Crippen LogP contribution in [0.25, 0.3) is 0 Å². The monoisotopic (exact) mass is 381 g/mol. The molecule has 1 heterocycles. The summed E-state index contributed by atoms with van der Waals surface area (Å²) in [5, 5.41) is 9.04. The Balaban J connectivity index is 1.68. The lowest BCUT2D eigenvalue weighted by atomic mass is 10.3. The van der Waals surface area contributed by atoms with Crippen LogP contribution in [0.4, 0.5) is 23.0 Å². The molecule has 3 aromatic rings. The molecule has 0 fully saturated rings. The van der Waals surface area contributed by atoms with Gasteiger partial charge in [0.05, 0.1) is 0 Å². The lowest BCUT2D eigenvalue weighted by molar-refractivity contribution is -0.114. The number of aromatic nitrogens is 2. The molecule has 0 spiro atoms. The fraction of sp³-hybridized carbons (Fsp3) is 0.0526. The molecule has 0 atom stereocenters. The van der Waals surface area contributed by atoms with Crippen LogP contribution in [0.1, 0.15) is 17.4 Å². The molecule has 0 bridgehead atoms. The van der Waals surface area contributed by atoms with Crippen molar-refractivity contribution in [3.05, 3.63) is 71.5 Å². The number of carbonyl (C=O) groups excluding carboxylic acids is 2. The minimum Gasteiger partial charge on any atom is -0.326 e. The van der Waals surface area contributed by atoms with Crippen LogP contribution in [0.2, 0.25) is 5.02 Å². The first-order valence-corrected chi connectivity index (χ1v) is 8.42. The summed E-state index contributed by atoms with van der Waals surface area (Å²) in [6.45, 7) is 1.45. The average molecular weight is 382 g/mol. The zero-order valence-corrected chi connectivity index (χ0v) is 15.1. The highest BCUT2D eigenvalue weighted by Gasteiger charge is 2.09. The van der Waals surface area contributed by atoms with Gasteiger partial charge >= 0.3 is 0 Å². The van der Waals surface area contributed by atoms with Gasteiger partial charge in [0.15, 0.2) is 0 Å². The minimum absolute atomic E-state index is 0.140. The maximum atomic E-state index is 12.3. The van der Waals surface area contributed by atoms with Gasteiger partial charge in [-0.15, -0.1) is 0 Å². The highest BCUT2D eigenvalue weighted by Crippen LogP contribution is 2.17. The van der Waals surface area contributed by atoms with Crippen LogP contribution in [0, 0.1) is 0 Å². The Hall–Kier alpha value is -3.45. The fourth-order valence-electron chi connectivity index (χ4n) is 2.24. The third kappa shape index (κ3) is 5.26. The van der Waals surface area contributed by atoms with Crippen LogP contribution in [-0.4, -0.2) is 21.8 Å². The molecule has 0 radical (unpaired) electrons. The van der Waals surface area contributed by atoms with Gasteiger partial charge in [-0.1, -0.05) is 11.6 Å². The van der Waals surface area contributed by atoms with E-state index in [1.807, 2.05) is 0 Å². The van der Waals surface area contributed by atoms with Crippen molar-refractivity contribution in [1.29, 1.82) is 0 Å². The standard InChI is InChI=1S/C19H16ClN5O2/c1-12(26)22-14-6-8-16(9-7-14)24-19-21-11-10-17(25-19)18(27)23-15-4-2-13(20)3-5-15/h2-11H,1H3,(H,22,26)(H,23,27)(H,21,24,25). The zero-order chi connectivity index (χ0) is 19.2. The lowest BCUT2D eigenvalue weighted by Gasteiger charge is -2.08. The number of benzene rings is 2. The Morgan fingerprint density at radius 1 is 0.852 bits per heavy atom. The van der Waals surface area contributed by atoms with Crippen molar-refractivity contribution in [2.75, 3.05) is 16.0 Å². The Morgan fingerprint density at radius 2 is 1.44 bits per heavy atom. The van der Waals surface area contributed by atoms with E-state index < -0.39 is 0 Å². The van der Waals surface area contributed by atoms with E-state index in [1.165, 1.54) is 19.2 Å². The second-order valence-corrected chi connectivity index (χ2v) is 6.05. The highest BCUT2D eigenvalue weighted by atomic mass is 35.5. The molecule has 3 N–H and O–H groups in total. The van der Waals surface area contributed by atoms with E-state index in [2.05, 4.69) is 25.9 Å². The van der Waals surface area contributed by atoms with Crippen molar-refractivity contribution in [1.82, 2.24) is 9.97 Å². The van der Waals surface area contributed by atoms with Gasteiger partial charge in [-0.05, 0) is 54.6 Å². The largest absolute Gasteiger partial charge is 0.326 e. The molecule has 3 rings (SSSR count). The normalized spacial score (nSPS) is 10.1. The molecule has 8 heteroatoms. The summed E-state index contributed by atoms with van der Waals surface area (Å²) in [6, 6.07) is 15.4. The van der Waals surface area contributed by atoms with E-state index in [-0.39, 0.29) is 23.5 Å². The minimum atomic E-state index is -0.358. The van der Waals surface area contributed by atoms with E-state index in [4.69, 9.17) is 11.6 Å². The molecule has 7 nitrogen and oxygen atoms in total. The Labute approximate surface area is 160 Å². The molecule has 136 valence electrons. The third-order valence-electron chi connectivity index (χ3n) is 3.45. The Bertz CT molecular complexity index is 959. The summed E-state index contributed by atoms with van der Waals surface area (Å²) in [6.07, 6.45) is 1.50. The number of carbonyl (C=O) groups is 2. The van der Waals surface area contributed by atoms with Crippen LogP contribution in [0.5, 0.6) is 0 Å². The number of nitrogens with zero attached hydrogens (tertiary/aromatic N) is 2. The van der Waals surface area contributed by atoms with E-state index in [0.29, 0.717) is 16.4 Å². The Kier molecular flexibility index (Phi) is 5.63. The van der Waals surface area contributed by atoms with Crippen LogP contribution in [0.15, 0.2) is 60.8 Å². The van der Waals surface area contributed by atoms with Crippen molar-refractivity contribution in [3.8, 4) is 0 Å². The van der Waals surface area contributed by atoms with Crippen molar-refractivity contribution < 1.29 is 9.59 Å². The van der Waals surface area contributed by atoms with Crippen LogP contribution >= 0.6 is 11.6 Å². The lowest BCUT2D eigenvalue weighted by Crippen LogP contribution is -2.14. The van der Waals surface area contributed by atoms with Crippen LogP contribution in [-0.2, 0) is 4.79 Å². The molecule has 2 aromatic carbocycles. The number of hydrogen-bond acceptors (Lipinski definition) is 5. The van der Waals surface area contributed by atoms with Gasteiger partial charge in [-0.2, -0.15) is 0 Å². The Morgan fingerprint density at radius 3 is 2.11 bits per heavy atom. The maximum Gasteiger partial charge on any atom is 0.274 e. The molecular formula is C19H16ClN5O2. The summed E-state index contributed by atoms with van der Waals surface area (Å²) >= 11 is 5.84. The molecule has 27 heavy (non-hydrogen) atoms. The average Bonchev–Trinajstić information content (AvgIpc) is 2.65. The van der Waals surface area contributed by atoms with Gasteiger partial charge < -0.3 is 16.0 Å². The fourth-order valence-corrected chi connectivity index (χ4v) is 2.37. The van der Waals surface area contributed by atoms with Gasteiger partial charge in [-0.3, -0.25) is 9.59 Å². The predicted molar refractivity (Wildman–Crippen MR) is 105 cm³/mol. The SMILES string of the molecule is CC(=O)Nc1ccc(Nc2nccc(C(=O)Nc3ccc(Cl)cc3)n2)cc1. The molecule has 0 aliphatic rings. The first-order chi connectivity index (χ1) is 13.0. The second kappa shape index (κ2) is 8.29. The first-order valence-electron chi connectivity index (χ1n) is 8.04. The van der Waals surface area contributed by atoms with Crippen LogP contribution in [0.3, 0.4) is 0 Å². The summed E-state index contributed by atoms with van der Waals surface area (Å²) in [4.78, 5) is 31.7. The number of amides is 2. The summed E-state index contributed by atoms with van der Waals surface area (Å²) in [5.41, 5.74) is 2.24. The van der Waals surface area contributed by atoms with Crippen molar-refractivity contribution in [2.24, 2.45) is 0 Å². The molecule has 0 saturated carbocycles. The summed E-state index contributed by atoms with van der Waals surface area (Å²) in [5.74, 6) is -0.215. The van der Waals surface area contributed by atoms with Crippen LogP contribution < -0.4 is 16.0 Å². The van der Waals surface area contributed by atoms with E-state index in [0.717, 1.165) is 5.69 Å². The number of rotatable bonds is 5. The second-order valence-electron chi connectivity index (χ2n) is 5.61. The third-order valence-corrected chi connectivity index (χ3v) is 3.70. The van der Waals surface area contributed by atoms with Crippen molar-refractivity contribution >= 4 is 46.4 Å². The number of nitrogens with one attached hydrogen (secondary N) is 3. The first kappa shape index (κ1) is 18.3. The van der Waals surface area contributed by atoms with Gasteiger partial charge in [0.25, 0.3) is 5.91 Å². The van der Waals surface area contributed by atoms with Crippen molar-refractivity contribution in [3.63, 3.8) is 0 Å². The smallest absolute Gasteiger partial charge is 0.274 e. The quantitative estimate of drug-likeness (QED) is 0.618. The maximum absolute atomic E-state index is 12.3. The molecule has 2 amide bonds. The predicted octanol–water partition coefficient (Wildman–Crippen LogP) is 4.08. The molecule has 1 aromatic heterocycles. The highest BCUT2D eigenvalue weighted by molar-refractivity contribution is 6.30. The zero-order valence-electron chi connectivity index (χ0n) is 14.4.